The van der Waals surface area contributed by atoms with Crippen molar-refractivity contribution in [1.82, 2.24) is 10.2 Å². The van der Waals surface area contributed by atoms with Crippen LogP contribution in [-0.2, 0) is 11.3 Å². The maximum absolute atomic E-state index is 11.9. The van der Waals surface area contributed by atoms with Crippen molar-refractivity contribution in [3.8, 4) is 0 Å². The van der Waals surface area contributed by atoms with E-state index < -0.39 is 5.97 Å². The molecule has 2 rings (SSSR count). The number of rotatable bonds is 6. The zero-order valence-electron chi connectivity index (χ0n) is 10.9. The highest BCUT2D eigenvalue weighted by Gasteiger charge is 2.27. The molecule has 0 spiro atoms. The molecule has 0 atom stereocenters. The quantitative estimate of drug-likeness (QED) is 0.819. The molecule has 1 fully saturated rings. The summed E-state index contributed by atoms with van der Waals surface area (Å²) in [4.78, 5) is 24.0. The van der Waals surface area contributed by atoms with Gasteiger partial charge in [-0.3, -0.25) is 4.79 Å². The summed E-state index contributed by atoms with van der Waals surface area (Å²) in [5.41, 5.74) is 0. The minimum atomic E-state index is -0.996. The lowest BCUT2D eigenvalue weighted by molar-refractivity contribution is -0.137. The number of carbonyl (C=O) groups excluding carboxylic acids is 1. The Labute approximate surface area is 111 Å². The van der Waals surface area contributed by atoms with Gasteiger partial charge < -0.3 is 19.7 Å². The number of urea groups is 1. The second-order valence-electron chi connectivity index (χ2n) is 4.89. The van der Waals surface area contributed by atoms with Crippen molar-refractivity contribution in [1.29, 1.82) is 0 Å². The fraction of sp³-hybridized carbons (Fsp3) is 0.538. The van der Waals surface area contributed by atoms with Gasteiger partial charge in [-0.2, -0.15) is 0 Å². The average molecular weight is 266 g/mol. The van der Waals surface area contributed by atoms with Gasteiger partial charge in [-0.25, -0.2) is 4.79 Å². The first kappa shape index (κ1) is 13.5. The molecule has 6 heteroatoms. The largest absolute Gasteiger partial charge is 0.480 e. The van der Waals surface area contributed by atoms with Crippen molar-refractivity contribution in [2.24, 2.45) is 5.92 Å². The number of nitrogens with zero attached hydrogens (tertiary/aromatic N) is 1. The molecule has 1 aliphatic rings. The number of carboxylic acids is 1. The van der Waals surface area contributed by atoms with Crippen LogP contribution in [0.2, 0.25) is 0 Å². The van der Waals surface area contributed by atoms with E-state index in [0.29, 0.717) is 18.2 Å². The molecule has 6 nitrogen and oxygen atoms in total. The molecule has 104 valence electrons. The zero-order chi connectivity index (χ0) is 13.8. The van der Waals surface area contributed by atoms with E-state index in [4.69, 9.17) is 9.52 Å². The second-order valence-corrected chi connectivity index (χ2v) is 4.89. The predicted octanol–water partition coefficient (Wildman–Crippen LogP) is 1.59. The van der Waals surface area contributed by atoms with Gasteiger partial charge in [0.1, 0.15) is 18.1 Å². The number of aryl methyl sites for hydroxylation is 1. The van der Waals surface area contributed by atoms with Crippen LogP contribution in [0.25, 0.3) is 0 Å². The third-order valence-corrected chi connectivity index (χ3v) is 3.00. The van der Waals surface area contributed by atoms with Gasteiger partial charge in [-0.05, 0) is 37.8 Å². The van der Waals surface area contributed by atoms with Crippen LogP contribution in [0.4, 0.5) is 4.79 Å². The Kier molecular flexibility index (Phi) is 4.09. The van der Waals surface area contributed by atoms with Gasteiger partial charge in [0.05, 0.1) is 6.54 Å². The lowest BCUT2D eigenvalue weighted by Gasteiger charge is -2.20. The average Bonchev–Trinajstić information content (AvgIpc) is 3.06. The SMILES string of the molecule is Cc1ccc(CNC(=O)N(CC(=O)O)CC2CC2)o1. The predicted molar refractivity (Wildman–Crippen MR) is 67.6 cm³/mol. The maximum Gasteiger partial charge on any atom is 0.323 e. The van der Waals surface area contributed by atoms with Crippen LogP contribution in [0.3, 0.4) is 0 Å². The molecule has 0 aliphatic heterocycles. The highest BCUT2D eigenvalue weighted by atomic mass is 16.4. The Hall–Kier alpha value is -1.98. The van der Waals surface area contributed by atoms with Crippen LogP contribution in [0.15, 0.2) is 16.5 Å². The van der Waals surface area contributed by atoms with E-state index in [2.05, 4.69) is 5.32 Å². The summed E-state index contributed by atoms with van der Waals surface area (Å²) < 4.78 is 5.34. The standard InChI is InChI=1S/C13H18N2O4/c1-9-2-5-11(19-9)6-14-13(18)15(8-12(16)17)7-10-3-4-10/h2,5,10H,3-4,6-8H2,1H3,(H,14,18)(H,16,17). The third-order valence-electron chi connectivity index (χ3n) is 3.00. The minimum Gasteiger partial charge on any atom is -0.480 e. The van der Waals surface area contributed by atoms with E-state index in [1.54, 1.807) is 6.07 Å². The van der Waals surface area contributed by atoms with Gasteiger partial charge in [-0.1, -0.05) is 0 Å². The molecule has 1 saturated carbocycles. The molecule has 0 saturated heterocycles. The minimum absolute atomic E-state index is 0.264. The van der Waals surface area contributed by atoms with E-state index in [0.717, 1.165) is 18.6 Å². The van der Waals surface area contributed by atoms with Crippen LogP contribution in [0.5, 0.6) is 0 Å². The number of carbonyl (C=O) groups is 2. The highest BCUT2D eigenvalue weighted by Crippen LogP contribution is 2.29. The fourth-order valence-electron chi connectivity index (χ4n) is 1.85. The van der Waals surface area contributed by atoms with Gasteiger partial charge in [0.25, 0.3) is 0 Å². The van der Waals surface area contributed by atoms with E-state index in [1.165, 1.54) is 4.90 Å². The summed E-state index contributed by atoms with van der Waals surface area (Å²) in [7, 11) is 0. The number of furan rings is 1. The normalized spacial score (nSPS) is 14.2. The number of hydrogen-bond donors (Lipinski definition) is 2. The van der Waals surface area contributed by atoms with Crippen molar-refractivity contribution in [2.45, 2.75) is 26.3 Å². The summed E-state index contributed by atoms with van der Waals surface area (Å²) in [5, 5.41) is 11.5. The second kappa shape index (κ2) is 5.77. The van der Waals surface area contributed by atoms with Crippen LogP contribution in [-0.4, -0.2) is 35.1 Å². The van der Waals surface area contributed by atoms with Gasteiger partial charge >= 0.3 is 12.0 Å². The van der Waals surface area contributed by atoms with Crippen LogP contribution in [0, 0.1) is 12.8 Å². The Bertz CT molecular complexity index is 465. The molecule has 1 aliphatic carbocycles. The van der Waals surface area contributed by atoms with Crippen molar-refractivity contribution in [3.05, 3.63) is 23.7 Å². The molecular weight excluding hydrogens is 248 g/mol. The topological polar surface area (TPSA) is 82.8 Å². The van der Waals surface area contributed by atoms with Crippen molar-refractivity contribution >= 4 is 12.0 Å². The van der Waals surface area contributed by atoms with E-state index in [9.17, 15) is 9.59 Å². The summed E-state index contributed by atoms with van der Waals surface area (Å²) in [6, 6.07) is 3.25. The van der Waals surface area contributed by atoms with Crippen LogP contribution < -0.4 is 5.32 Å². The first-order chi connectivity index (χ1) is 9.04. The molecule has 1 aromatic heterocycles. The van der Waals surface area contributed by atoms with E-state index >= 15 is 0 Å². The first-order valence-corrected chi connectivity index (χ1v) is 6.34. The summed E-state index contributed by atoms with van der Waals surface area (Å²) >= 11 is 0. The molecule has 0 bridgehead atoms. The van der Waals surface area contributed by atoms with Crippen LogP contribution >= 0.6 is 0 Å². The Morgan fingerprint density at radius 1 is 1.47 bits per heavy atom. The molecule has 19 heavy (non-hydrogen) atoms. The summed E-state index contributed by atoms with van der Waals surface area (Å²) in [5.74, 6) is 0.901. The molecule has 0 aromatic carbocycles. The lowest BCUT2D eigenvalue weighted by atomic mass is 10.3. The van der Waals surface area contributed by atoms with Crippen molar-refractivity contribution in [3.63, 3.8) is 0 Å². The smallest absolute Gasteiger partial charge is 0.323 e. The monoisotopic (exact) mass is 266 g/mol. The molecule has 1 aromatic rings. The fourth-order valence-corrected chi connectivity index (χ4v) is 1.85. The van der Waals surface area contributed by atoms with Gasteiger partial charge in [0.15, 0.2) is 0 Å². The number of carboxylic acid groups (broad SMARTS) is 1. The van der Waals surface area contributed by atoms with E-state index in [1.807, 2.05) is 13.0 Å². The maximum atomic E-state index is 11.9. The van der Waals surface area contributed by atoms with Crippen molar-refractivity contribution in [2.75, 3.05) is 13.1 Å². The summed E-state index contributed by atoms with van der Waals surface area (Å²) in [6.07, 6.45) is 2.14. The van der Waals surface area contributed by atoms with Crippen molar-refractivity contribution < 1.29 is 19.1 Å². The first-order valence-electron chi connectivity index (χ1n) is 6.34. The van der Waals surface area contributed by atoms with Gasteiger partial charge in [0.2, 0.25) is 0 Å². The van der Waals surface area contributed by atoms with Gasteiger partial charge in [0, 0.05) is 6.54 Å². The lowest BCUT2D eigenvalue weighted by Crippen LogP contribution is -2.43. The highest BCUT2D eigenvalue weighted by molar-refractivity contribution is 5.80. The molecular formula is C13H18N2O4. The molecule has 0 radical (unpaired) electrons. The number of amides is 2. The molecule has 2 N–H and O–H groups in total. The number of hydrogen-bond acceptors (Lipinski definition) is 3. The van der Waals surface area contributed by atoms with E-state index in [-0.39, 0.29) is 19.1 Å². The molecule has 0 unspecified atom stereocenters. The Morgan fingerprint density at radius 3 is 2.74 bits per heavy atom. The number of nitrogens with one attached hydrogen (secondary N) is 1. The molecule has 2 amide bonds. The Morgan fingerprint density at radius 2 is 2.21 bits per heavy atom. The van der Waals surface area contributed by atoms with Gasteiger partial charge in [-0.15, -0.1) is 0 Å². The number of aliphatic carboxylic acids is 1. The zero-order valence-corrected chi connectivity index (χ0v) is 10.9. The Balaban J connectivity index is 1.85. The molecule has 1 heterocycles. The third kappa shape index (κ3) is 4.31. The summed E-state index contributed by atoms with van der Waals surface area (Å²) in [6.45, 7) is 2.34. The van der Waals surface area contributed by atoms with Crippen LogP contribution in [0.1, 0.15) is 24.4 Å².